The number of fused-ring (bicyclic) bond motifs is 4. The van der Waals surface area contributed by atoms with Gasteiger partial charge in [-0.05, 0) is 42.7 Å². The molecule has 1 N–H and O–H groups in total. The van der Waals surface area contributed by atoms with Gasteiger partial charge in [0.2, 0.25) is 5.91 Å². The van der Waals surface area contributed by atoms with Crippen molar-refractivity contribution in [1.29, 1.82) is 0 Å². The maximum Gasteiger partial charge on any atom is 0.253 e. The van der Waals surface area contributed by atoms with Crippen LogP contribution < -0.4 is 4.74 Å². The van der Waals surface area contributed by atoms with Crippen LogP contribution in [-0.2, 0) is 17.3 Å². The molecule has 0 aliphatic carbocycles. The third-order valence-corrected chi connectivity index (χ3v) is 7.75. The number of carbonyl (C=O) groups excluding carboxylic acids is 2. The number of amides is 2. The number of carbonyl (C=O) groups is 2. The predicted octanol–water partition coefficient (Wildman–Crippen LogP) is 3.26. The zero-order chi connectivity index (χ0) is 24.0. The van der Waals surface area contributed by atoms with Crippen LogP contribution in [0.4, 0.5) is 0 Å². The molecule has 7 nitrogen and oxygen atoms in total. The molecule has 0 unspecified atom stereocenters. The lowest BCUT2D eigenvalue weighted by Gasteiger charge is -2.50. The Morgan fingerprint density at radius 3 is 2.44 bits per heavy atom. The number of rotatable bonds is 3. The average molecular weight is 462 g/mol. The normalized spacial score (nSPS) is 19.4. The number of ether oxygens (including phenoxy) is 1. The Morgan fingerprint density at radius 2 is 1.82 bits per heavy atom. The Morgan fingerprint density at radius 1 is 1.12 bits per heavy atom. The molecule has 1 atom stereocenters. The van der Waals surface area contributed by atoms with E-state index < -0.39 is 6.04 Å². The van der Waals surface area contributed by atoms with Crippen LogP contribution in [0, 0.1) is 0 Å². The zero-order valence-electron chi connectivity index (χ0n) is 20.0. The van der Waals surface area contributed by atoms with Gasteiger partial charge < -0.3 is 24.2 Å². The summed E-state index contributed by atoms with van der Waals surface area (Å²) in [6, 6.07) is 15.1. The molecule has 0 bridgehead atoms. The van der Waals surface area contributed by atoms with E-state index in [-0.39, 0.29) is 23.8 Å². The Balaban J connectivity index is 1.59. The van der Waals surface area contributed by atoms with Crippen LogP contribution >= 0.6 is 0 Å². The fourth-order valence-corrected chi connectivity index (χ4v) is 6.00. The van der Waals surface area contributed by atoms with Crippen LogP contribution in [0.15, 0.2) is 48.5 Å². The van der Waals surface area contributed by atoms with E-state index in [0.29, 0.717) is 25.2 Å². The summed E-state index contributed by atoms with van der Waals surface area (Å²) in [5.41, 5.74) is 3.63. The topological polar surface area (TPSA) is 75.0 Å². The van der Waals surface area contributed by atoms with Crippen molar-refractivity contribution < 1.29 is 19.4 Å². The molecule has 5 rings (SSSR count). The summed E-state index contributed by atoms with van der Waals surface area (Å²) in [5, 5.41) is 11.5. The molecule has 7 heteroatoms. The Bertz CT molecular complexity index is 1240. The zero-order valence-corrected chi connectivity index (χ0v) is 20.0. The van der Waals surface area contributed by atoms with Gasteiger partial charge in [-0.25, -0.2) is 0 Å². The van der Waals surface area contributed by atoms with E-state index in [1.807, 2.05) is 59.3 Å². The minimum Gasteiger partial charge on any atom is -0.497 e. The Kier molecular flexibility index (Phi) is 5.60. The first kappa shape index (κ1) is 22.5. The van der Waals surface area contributed by atoms with Gasteiger partial charge in [-0.15, -0.1) is 0 Å². The third kappa shape index (κ3) is 3.38. The molecule has 34 heavy (non-hydrogen) atoms. The van der Waals surface area contributed by atoms with E-state index in [1.54, 1.807) is 14.0 Å². The predicted molar refractivity (Wildman–Crippen MR) is 130 cm³/mol. The highest BCUT2D eigenvalue weighted by atomic mass is 16.5. The number of aryl methyl sites for hydroxylation is 1. The minimum absolute atomic E-state index is 0.0466. The molecule has 178 valence electrons. The van der Waals surface area contributed by atoms with Crippen LogP contribution in [0.2, 0.25) is 0 Å². The van der Waals surface area contributed by atoms with Gasteiger partial charge in [0, 0.05) is 61.7 Å². The number of piperidine rings is 1. The van der Waals surface area contributed by atoms with Gasteiger partial charge in [-0.1, -0.05) is 18.2 Å². The van der Waals surface area contributed by atoms with Crippen LogP contribution in [0.1, 0.15) is 47.4 Å². The molecule has 0 saturated carbocycles. The van der Waals surface area contributed by atoms with Crippen molar-refractivity contribution in [2.24, 2.45) is 7.05 Å². The molecular weight excluding hydrogens is 430 g/mol. The van der Waals surface area contributed by atoms with Crippen molar-refractivity contribution in [1.82, 2.24) is 14.4 Å². The number of aliphatic hydroxyl groups is 1. The second-order valence-electron chi connectivity index (χ2n) is 9.49. The number of benzene rings is 2. The largest absolute Gasteiger partial charge is 0.497 e. The van der Waals surface area contributed by atoms with Gasteiger partial charge in [0.1, 0.15) is 5.75 Å². The number of hydrogen-bond acceptors (Lipinski definition) is 4. The Hall–Kier alpha value is -3.32. The second-order valence-corrected chi connectivity index (χ2v) is 9.49. The maximum absolute atomic E-state index is 13.1. The number of nitrogens with zero attached hydrogens (tertiary/aromatic N) is 3. The lowest BCUT2D eigenvalue weighted by Crippen LogP contribution is -2.55. The molecule has 3 heterocycles. The van der Waals surface area contributed by atoms with Crippen molar-refractivity contribution in [3.8, 4) is 5.75 Å². The van der Waals surface area contributed by atoms with Crippen molar-refractivity contribution in [2.75, 3.05) is 33.4 Å². The molecule has 2 aromatic carbocycles. The standard InChI is InChI=1S/C27H31N3O4/c1-18(32)30-17-27(11-13-29(14-12-27)26(33)19-7-5-4-6-8-19)24-21-10-9-20(34-3)15-22(21)28(2)25(24)23(30)16-31/h4-10,15,23,31H,11-14,16-17H2,1-3H3/t23-/m1/s1. The molecule has 2 amide bonds. The summed E-state index contributed by atoms with van der Waals surface area (Å²) in [6.45, 7) is 3.22. The van der Waals surface area contributed by atoms with E-state index in [0.717, 1.165) is 35.2 Å². The summed E-state index contributed by atoms with van der Waals surface area (Å²) in [7, 11) is 3.65. The van der Waals surface area contributed by atoms with E-state index in [4.69, 9.17) is 4.74 Å². The number of aliphatic hydroxyl groups excluding tert-OH is 1. The first-order chi connectivity index (χ1) is 16.4. The molecule has 1 aromatic heterocycles. The smallest absolute Gasteiger partial charge is 0.253 e. The lowest BCUT2D eigenvalue weighted by molar-refractivity contribution is -0.135. The number of hydrogen-bond donors (Lipinski definition) is 1. The molecule has 1 spiro atoms. The van der Waals surface area contributed by atoms with E-state index >= 15 is 0 Å². The highest BCUT2D eigenvalue weighted by Crippen LogP contribution is 2.50. The monoisotopic (exact) mass is 461 g/mol. The molecule has 1 fully saturated rings. The summed E-state index contributed by atoms with van der Waals surface area (Å²) >= 11 is 0. The van der Waals surface area contributed by atoms with Crippen molar-refractivity contribution in [3.05, 3.63) is 65.4 Å². The first-order valence-electron chi connectivity index (χ1n) is 11.8. The van der Waals surface area contributed by atoms with Gasteiger partial charge in [0.25, 0.3) is 5.91 Å². The number of likely N-dealkylation sites (tertiary alicyclic amines) is 1. The minimum atomic E-state index is -0.398. The van der Waals surface area contributed by atoms with Crippen LogP contribution in [0.5, 0.6) is 5.75 Å². The number of methoxy groups -OCH3 is 1. The SMILES string of the molecule is COc1ccc2c3c(n(C)c2c1)[C@@H](CO)N(C(C)=O)CC31CCN(C(=O)c2ccccc2)CC1. The molecular formula is C27H31N3O4. The van der Waals surface area contributed by atoms with Crippen molar-refractivity contribution in [2.45, 2.75) is 31.2 Å². The van der Waals surface area contributed by atoms with Gasteiger partial charge >= 0.3 is 0 Å². The average Bonchev–Trinajstić information content (AvgIpc) is 3.17. The quantitative estimate of drug-likeness (QED) is 0.650. The van der Waals surface area contributed by atoms with E-state index in [2.05, 4.69) is 10.6 Å². The molecule has 1 saturated heterocycles. The highest BCUT2D eigenvalue weighted by molar-refractivity contribution is 5.94. The fourth-order valence-electron chi connectivity index (χ4n) is 6.00. The lowest BCUT2D eigenvalue weighted by atomic mass is 9.68. The third-order valence-electron chi connectivity index (χ3n) is 7.75. The van der Waals surface area contributed by atoms with E-state index in [9.17, 15) is 14.7 Å². The molecule has 0 radical (unpaired) electrons. The molecule has 2 aliphatic rings. The van der Waals surface area contributed by atoms with Gasteiger partial charge in [-0.2, -0.15) is 0 Å². The summed E-state index contributed by atoms with van der Waals surface area (Å²) in [5.74, 6) is 0.771. The summed E-state index contributed by atoms with van der Waals surface area (Å²) < 4.78 is 7.57. The van der Waals surface area contributed by atoms with Gasteiger partial charge in [0.05, 0.1) is 25.3 Å². The van der Waals surface area contributed by atoms with Crippen molar-refractivity contribution >= 4 is 22.7 Å². The number of aromatic nitrogens is 1. The van der Waals surface area contributed by atoms with Crippen molar-refractivity contribution in [3.63, 3.8) is 0 Å². The van der Waals surface area contributed by atoms with Crippen LogP contribution in [0.25, 0.3) is 10.9 Å². The fraction of sp³-hybridized carbons (Fsp3) is 0.407. The highest BCUT2D eigenvalue weighted by Gasteiger charge is 2.49. The van der Waals surface area contributed by atoms with Gasteiger partial charge in [-0.3, -0.25) is 9.59 Å². The summed E-state index contributed by atoms with van der Waals surface area (Å²) in [4.78, 5) is 29.5. The maximum atomic E-state index is 13.1. The molecule has 2 aliphatic heterocycles. The second kappa shape index (κ2) is 8.47. The van der Waals surface area contributed by atoms with Crippen LogP contribution in [-0.4, -0.2) is 64.6 Å². The molecule has 3 aromatic rings. The van der Waals surface area contributed by atoms with Crippen LogP contribution in [0.3, 0.4) is 0 Å². The Labute approximate surface area is 199 Å². The first-order valence-corrected chi connectivity index (χ1v) is 11.8. The van der Waals surface area contributed by atoms with Gasteiger partial charge in [0.15, 0.2) is 0 Å². The summed E-state index contributed by atoms with van der Waals surface area (Å²) in [6.07, 6.45) is 1.51. The van der Waals surface area contributed by atoms with E-state index in [1.165, 1.54) is 5.56 Å².